The van der Waals surface area contributed by atoms with Crippen LogP contribution in [0.25, 0.3) is 6.08 Å². The first kappa shape index (κ1) is 11.5. The maximum Gasteiger partial charge on any atom is 0.336 e. The second-order valence-electron chi connectivity index (χ2n) is 2.71. The Kier molecular flexibility index (Phi) is 3.62. The van der Waals surface area contributed by atoms with Gasteiger partial charge in [-0.1, -0.05) is 15.9 Å². The lowest BCUT2D eigenvalue weighted by atomic mass is 10.1. The van der Waals surface area contributed by atoms with Gasteiger partial charge < -0.3 is 10.2 Å². The zero-order valence-electron chi connectivity index (χ0n) is 7.48. The summed E-state index contributed by atoms with van der Waals surface area (Å²) >= 11 is 3.18. The van der Waals surface area contributed by atoms with Crippen molar-refractivity contribution in [2.24, 2.45) is 0 Å². The highest BCUT2D eigenvalue weighted by atomic mass is 79.9. The minimum atomic E-state index is -1.12. The van der Waals surface area contributed by atoms with Crippen molar-refractivity contribution in [3.63, 3.8) is 0 Å². The minimum absolute atomic E-state index is 0.0655. The van der Waals surface area contributed by atoms with E-state index in [-0.39, 0.29) is 5.56 Å². The van der Waals surface area contributed by atoms with Crippen LogP contribution in [-0.4, -0.2) is 22.2 Å². The van der Waals surface area contributed by atoms with E-state index >= 15 is 0 Å². The summed E-state index contributed by atoms with van der Waals surface area (Å²) in [6, 6.07) is 4.54. The summed E-state index contributed by atoms with van der Waals surface area (Å²) in [5, 5.41) is 17.3. The Bertz CT molecular complexity index is 437. The molecule has 15 heavy (non-hydrogen) atoms. The summed E-state index contributed by atoms with van der Waals surface area (Å²) in [7, 11) is 0. The van der Waals surface area contributed by atoms with E-state index < -0.39 is 11.9 Å². The van der Waals surface area contributed by atoms with Crippen LogP contribution in [0.2, 0.25) is 0 Å². The fourth-order valence-electron chi connectivity index (χ4n) is 1.03. The molecular formula is C10H7BrO4. The lowest BCUT2D eigenvalue weighted by Crippen LogP contribution is -1.99. The summed E-state index contributed by atoms with van der Waals surface area (Å²) < 4.78 is 0.692. The first-order chi connectivity index (χ1) is 7.00. The molecule has 0 aliphatic heterocycles. The molecular weight excluding hydrogens is 264 g/mol. The van der Waals surface area contributed by atoms with Crippen LogP contribution in [0, 0.1) is 0 Å². The van der Waals surface area contributed by atoms with Crippen molar-refractivity contribution in [1.29, 1.82) is 0 Å². The molecule has 0 aliphatic carbocycles. The second kappa shape index (κ2) is 4.75. The van der Waals surface area contributed by atoms with Crippen molar-refractivity contribution >= 4 is 33.9 Å². The fraction of sp³-hybridized carbons (Fsp3) is 0. The van der Waals surface area contributed by atoms with Crippen molar-refractivity contribution in [3.8, 4) is 0 Å². The van der Waals surface area contributed by atoms with Crippen LogP contribution >= 0.6 is 15.9 Å². The average Bonchev–Trinajstić information content (AvgIpc) is 2.14. The summed E-state index contributed by atoms with van der Waals surface area (Å²) in [5.41, 5.74) is 0.412. The maximum absolute atomic E-state index is 10.8. The molecule has 0 atom stereocenters. The number of benzene rings is 1. The molecule has 0 saturated heterocycles. The van der Waals surface area contributed by atoms with Crippen LogP contribution in [-0.2, 0) is 4.79 Å². The van der Waals surface area contributed by atoms with Crippen LogP contribution in [0.15, 0.2) is 28.7 Å². The Morgan fingerprint density at radius 2 is 1.93 bits per heavy atom. The molecule has 4 nitrogen and oxygen atoms in total. The third-order valence-electron chi connectivity index (χ3n) is 1.65. The lowest BCUT2D eigenvalue weighted by molar-refractivity contribution is -0.131. The van der Waals surface area contributed by atoms with Gasteiger partial charge in [0.25, 0.3) is 0 Å². The molecule has 0 fully saturated rings. The van der Waals surface area contributed by atoms with Crippen molar-refractivity contribution in [3.05, 3.63) is 39.9 Å². The molecule has 0 bridgehead atoms. The van der Waals surface area contributed by atoms with E-state index in [4.69, 9.17) is 10.2 Å². The Labute approximate surface area is 94.0 Å². The zero-order valence-corrected chi connectivity index (χ0v) is 9.06. The largest absolute Gasteiger partial charge is 0.478 e. The van der Waals surface area contributed by atoms with Gasteiger partial charge in [-0.25, -0.2) is 9.59 Å². The molecule has 0 heterocycles. The topological polar surface area (TPSA) is 74.6 Å². The van der Waals surface area contributed by atoms with E-state index in [1.165, 1.54) is 12.1 Å². The number of carbonyl (C=O) groups is 2. The van der Waals surface area contributed by atoms with Crippen LogP contribution in [0.5, 0.6) is 0 Å². The van der Waals surface area contributed by atoms with E-state index in [1.807, 2.05) is 0 Å². The molecule has 1 rings (SSSR count). The minimum Gasteiger partial charge on any atom is -0.478 e. The number of carboxylic acids is 2. The molecule has 1 aromatic rings. The third-order valence-corrected chi connectivity index (χ3v) is 2.14. The molecule has 0 amide bonds. The van der Waals surface area contributed by atoms with Gasteiger partial charge in [-0.2, -0.15) is 0 Å². The second-order valence-corrected chi connectivity index (χ2v) is 3.62. The highest BCUT2D eigenvalue weighted by Crippen LogP contribution is 2.18. The van der Waals surface area contributed by atoms with Crippen LogP contribution in [0.1, 0.15) is 15.9 Å². The normalized spacial score (nSPS) is 10.5. The number of hydrogen-bond donors (Lipinski definition) is 2. The van der Waals surface area contributed by atoms with Gasteiger partial charge in [0.2, 0.25) is 0 Å². The van der Waals surface area contributed by atoms with E-state index in [2.05, 4.69) is 15.9 Å². The van der Waals surface area contributed by atoms with Crippen LogP contribution in [0.4, 0.5) is 0 Å². The van der Waals surface area contributed by atoms with Crippen molar-refractivity contribution < 1.29 is 19.8 Å². The molecule has 0 unspecified atom stereocenters. The van der Waals surface area contributed by atoms with Gasteiger partial charge in [-0.15, -0.1) is 0 Å². The molecule has 1 aromatic carbocycles. The van der Waals surface area contributed by atoms with Crippen molar-refractivity contribution in [2.75, 3.05) is 0 Å². The number of aliphatic carboxylic acids is 1. The number of halogens is 1. The van der Waals surface area contributed by atoms with Gasteiger partial charge in [0, 0.05) is 10.5 Å². The first-order valence-corrected chi connectivity index (χ1v) is 4.74. The van der Waals surface area contributed by atoms with E-state index in [9.17, 15) is 9.59 Å². The number of carboxylic acid groups (broad SMARTS) is 2. The highest BCUT2D eigenvalue weighted by molar-refractivity contribution is 9.10. The Balaban J connectivity index is 3.18. The van der Waals surface area contributed by atoms with Crippen LogP contribution in [0.3, 0.4) is 0 Å². The fourth-order valence-corrected chi connectivity index (χ4v) is 1.41. The van der Waals surface area contributed by atoms with E-state index in [0.717, 1.165) is 6.08 Å². The predicted molar refractivity (Wildman–Crippen MR) is 57.8 cm³/mol. The van der Waals surface area contributed by atoms with Gasteiger partial charge in [-0.3, -0.25) is 0 Å². The summed E-state index contributed by atoms with van der Waals surface area (Å²) in [4.78, 5) is 21.1. The van der Waals surface area contributed by atoms with E-state index in [0.29, 0.717) is 10.0 Å². The molecule has 0 radical (unpaired) electrons. The predicted octanol–water partition coefficient (Wildman–Crippen LogP) is 2.25. The van der Waals surface area contributed by atoms with Crippen molar-refractivity contribution in [2.45, 2.75) is 0 Å². The molecule has 0 aromatic heterocycles. The first-order valence-electron chi connectivity index (χ1n) is 3.94. The lowest BCUT2D eigenvalue weighted by Gasteiger charge is -2.01. The zero-order chi connectivity index (χ0) is 11.4. The Morgan fingerprint density at radius 1 is 1.27 bits per heavy atom. The van der Waals surface area contributed by atoms with Crippen LogP contribution < -0.4 is 0 Å². The molecule has 0 spiro atoms. The van der Waals surface area contributed by atoms with Gasteiger partial charge in [0.1, 0.15) is 0 Å². The Hall–Kier alpha value is -1.62. The molecule has 0 saturated carbocycles. The number of rotatable bonds is 3. The molecule has 0 aliphatic rings. The number of aromatic carboxylic acids is 1. The summed E-state index contributed by atoms with van der Waals surface area (Å²) in [5.74, 6) is -2.21. The quantitative estimate of drug-likeness (QED) is 0.827. The molecule has 2 N–H and O–H groups in total. The van der Waals surface area contributed by atoms with Gasteiger partial charge in [0.05, 0.1) is 5.56 Å². The van der Waals surface area contributed by atoms with Gasteiger partial charge in [0.15, 0.2) is 0 Å². The molecule has 78 valence electrons. The highest BCUT2D eigenvalue weighted by Gasteiger charge is 2.07. The number of hydrogen-bond acceptors (Lipinski definition) is 2. The maximum atomic E-state index is 10.8. The summed E-state index contributed by atoms with van der Waals surface area (Å²) in [6.45, 7) is 0. The van der Waals surface area contributed by atoms with E-state index in [1.54, 1.807) is 12.1 Å². The SMILES string of the molecule is O=C(O)C=Cc1cc(Br)ccc1C(=O)O. The smallest absolute Gasteiger partial charge is 0.336 e. The third kappa shape index (κ3) is 3.21. The van der Waals surface area contributed by atoms with Gasteiger partial charge in [-0.05, 0) is 29.8 Å². The van der Waals surface area contributed by atoms with Crippen molar-refractivity contribution in [1.82, 2.24) is 0 Å². The molecule has 5 heteroatoms. The van der Waals surface area contributed by atoms with Gasteiger partial charge >= 0.3 is 11.9 Å². The monoisotopic (exact) mass is 270 g/mol. The summed E-state index contributed by atoms with van der Waals surface area (Å²) in [6.07, 6.45) is 2.14. The average molecular weight is 271 g/mol. The Morgan fingerprint density at radius 3 is 2.47 bits per heavy atom. The standard InChI is InChI=1S/C10H7BrO4/c11-7-2-3-8(10(14)15)6(5-7)1-4-9(12)13/h1-5H,(H,12,13)(H,14,15).